The number of benzene rings is 1. The molecule has 0 fully saturated rings. The summed E-state index contributed by atoms with van der Waals surface area (Å²) < 4.78 is 0. The van der Waals surface area contributed by atoms with Crippen LogP contribution in [0.1, 0.15) is 5.69 Å². The van der Waals surface area contributed by atoms with Gasteiger partial charge in [-0.1, -0.05) is 11.6 Å². The molecule has 0 aliphatic rings. The maximum atomic E-state index is 6.17. The van der Waals surface area contributed by atoms with Crippen molar-refractivity contribution in [1.82, 2.24) is 15.0 Å². The molecule has 0 aliphatic heterocycles. The van der Waals surface area contributed by atoms with E-state index >= 15 is 0 Å². The Hall–Kier alpha value is -2.20. The van der Waals surface area contributed by atoms with Crippen LogP contribution in [0.3, 0.4) is 0 Å². The summed E-state index contributed by atoms with van der Waals surface area (Å²) >= 11 is 6.17. The normalized spacial score (nSPS) is 10.8. The zero-order valence-electron chi connectivity index (χ0n) is 10.3. The minimum Gasteiger partial charge on any atom is -0.384 e. The smallest absolute Gasteiger partial charge is 0.163 e. The average Bonchev–Trinajstić information content (AvgIpc) is 2.38. The number of nitrogens with zero attached hydrogens (tertiary/aromatic N) is 3. The maximum absolute atomic E-state index is 6.17. The van der Waals surface area contributed by atoms with Gasteiger partial charge in [0.25, 0.3) is 0 Å². The van der Waals surface area contributed by atoms with E-state index in [2.05, 4.69) is 15.0 Å². The van der Waals surface area contributed by atoms with Crippen LogP contribution in [0, 0.1) is 6.92 Å². The average molecular weight is 271 g/mol. The third-order valence-electron chi connectivity index (χ3n) is 2.83. The van der Waals surface area contributed by atoms with E-state index in [9.17, 15) is 0 Å². The number of nitrogens with two attached hydrogens (primary N) is 1. The van der Waals surface area contributed by atoms with Gasteiger partial charge in [0.05, 0.1) is 10.5 Å². The number of anilines is 1. The van der Waals surface area contributed by atoms with Crippen LogP contribution in [0.15, 0.2) is 36.5 Å². The quantitative estimate of drug-likeness (QED) is 0.737. The molecule has 3 aromatic rings. The second kappa shape index (κ2) is 4.48. The Morgan fingerprint density at radius 2 is 2.00 bits per heavy atom. The summed E-state index contributed by atoms with van der Waals surface area (Å²) in [6.45, 7) is 1.88. The fourth-order valence-corrected chi connectivity index (χ4v) is 2.25. The van der Waals surface area contributed by atoms with Gasteiger partial charge in [0.1, 0.15) is 5.82 Å². The highest BCUT2D eigenvalue weighted by molar-refractivity contribution is 6.35. The number of halogens is 1. The van der Waals surface area contributed by atoms with Crippen molar-refractivity contribution in [3.8, 4) is 11.4 Å². The molecular weight excluding hydrogens is 260 g/mol. The van der Waals surface area contributed by atoms with E-state index in [4.69, 9.17) is 17.3 Å². The third-order valence-corrected chi connectivity index (χ3v) is 3.16. The van der Waals surface area contributed by atoms with E-state index in [1.165, 1.54) is 0 Å². The number of aryl methyl sites for hydroxylation is 1. The lowest BCUT2D eigenvalue weighted by Crippen LogP contribution is -1.98. The van der Waals surface area contributed by atoms with Crippen LogP contribution < -0.4 is 5.73 Å². The molecule has 94 valence electrons. The molecule has 0 aliphatic carbocycles. The highest BCUT2D eigenvalue weighted by Crippen LogP contribution is 2.30. The molecule has 0 amide bonds. The summed E-state index contributed by atoms with van der Waals surface area (Å²) in [4.78, 5) is 13.0. The topological polar surface area (TPSA) is 64.7 Å². The first-order valence-electron chi connectivity index (χ1n) is 5.80. The number of rotatable bonds is 1. The molecule has 19 heavy (non-hydrogen) atoms. The van der Waals surface area contributed by atoms with Crippen molar-refractivity contribution in [2.24, 2.45) is 0 Å². The van der Waals surface area contributed by atoms with Crippen molar-refractivity contribution < 1.29 is 0 Å². The van der Waals surface area contributed by atoms with E-state index in [-0.39, 0.29) is 0 Å². The molecule has 0 saturated carbocycles. The molecule has 0 saturated heterocycles. The van der Waals surface area contributed by atoms with E-state index in [1.54, 1.807) is 12.3 Å². The van der Waals surface area contributed by atoms with Crippen LogP contribution in [-0.4, -0.2) is 15.0 Å². The number of aromatic nitrogens is 3. The van der Waals surface area contributed by atoms with Gasteiger partial charge in [-0.3, -0.25) is 4.98 Å². The molecule has 3 rings (SSSR count). The first-order chi connectivity index (χ1) is 9.15. The van der Waals surface area contributed by atoms with Crippen molar-refractivity contribution in [2.75, 3.05) is 5.73 Å². The van der Waals surface area contributed by atoms with Gasteiger partial charge in [0.2, 0.25) is 0 Å². The van der Waals surface area contributed by atoms with Gasteiger partial charge in [0, 0.05) is 28.9 Å². The molecule has 2 heterocycles. The molecule has 2 N–H and O–H groups in total. The predicted octanol–water partition coefficient (Wildman–Crippen LogP) is 3.24. The van der Waals surface area contributed by atoms with Crippen molar-refractivity contribution in [3.63, 3.8) is 0 Å². The molecule has 0 bridgehead atoms. The zero-order valence-corrected chi connectivity index (χ0v) is 11.0. The van der Waals surface area contributed by atoms with Gasteiger partial charge < -0.3 is 5.73 Å². The Labute approximate surface area is 115 Å². The van der Waals surface area contributed by atoms with Crippen LogP contribution in [0.2, 0.25) is 5.02 Å². The standard InChI is InChI=1S/C14H11ClN4/c1-8-7-12(16)19-14(18-8)10-4-5-11(15)9-3-2-6-17-13(9)10/h2-7H,1H3,(H2,16,18,19). The highest BCUT2D eigenvalue weighted by Gasteiger charge is 2.10. The van der Waals surface area contributed by atoms with Crippen molar-refractivity contribution in [1.29, 1.82) is 0 Å². The fourth-order valence-electron chi connectivity index (χ4n) is 2.03. The van der Waals surface area contributed by atoms with Crippen molar-refractivity contribution >= 4 is 28.3 Å². The molecule has 0 spiro atoms. The maximum Gasteiger partial charge on any atom is 0.163 e. The number of fused-ring (bicyclic) bond motifs is 1. The van der Waals surface area contributed by atoms with E-state index in [0.29, 0.717) is 16.7 Å². The van der Waals surface area contributed by atoms with E-state index < -0.39 is 0 Å². The monoisotopic (exact) mass is 270 g/mol. The molecule has 5 heteroatoms. The predicted molar refractivity (Wildman–Crippen MR) is 76.9 cm³/mol. The Kier molecular flexibility index (Phi) is 2.80. The third kappa shape index (κ3) is 2.11. The SMILES string of the molecule is Cc1cc(N)nc(-c2ccc(Cl)c3cccnc23)n1. The lowest BCUT2D eigenvalue weighted by atomic mass is 10.1. The van der Waals surface area contributed by atoms with Crippen LogP contribution in [0.25, 0.3) is 22.3 Å². The molecule has 2 aromatic heterocycles. The van der Waals surface area contributed by atoms with Gasteiger partial charge in [-0.2, -0.15) is 0 Å². The van der Waals surface area contributed by atoms with Gasteiger partial charge in [-0.25, -0.2) is 9.97 Å². The summed E-state index contributed by atoms with van der Waals surface area (Å²) in [5, 5.41) is 1.54. The number of nitrogen functional groups attached to an aromatic ring is 1. The molecular formula is C14H11ClN4. The Bertz CT molecular complexity index is 750. The Balaban J connectivity index is 2.34. The van der Waals surface area contributed by atoms with Gasteiger partial charge in [-0.05, 0) is 31.2 Å². The summed E-state index contributed by atoms with van der Waals surface area (Å²) in [6.07, 6.45) is 1.72. The first kappa shape index (κ1) is 11.9. The number of hydrogen-bond donors (Lipinski definition) is 1. The molecule has 0 unspecified atom stereocenters. The number of pyridine rings is 1. The number of hydrogen-bond acceptors (Lipinski definition) is 4. The minimum absolute atomic E-state index is 0.446. The summed E-state index contributed by atoms with van der Waals surface area (Å²) in [5.41, 5.74) is 8.20. The van der Waals surface area contributed by atoms with Gasteiger partial charge in [0.15, 0.2) is 5.82 Å². The lowest BCUT2D eigenvalue weighted by Gasteiger charge is -2.07. The van der Waals surface area contributed by atoms with Gasteiger partial charge in [-0.15, -0.1) is 0 Å². The van der Waals surface area contributed by atoms with Gasteiger partial charge >= 0.3 is 0 Å². The Morgan fingerprint density at radius 3 is 2.79 bits per heavy atom. The molecule has 1 aromatic carbocycles. The highest BCUT2D eigenvalue weighted by atomic mass is 35.5. The first-order valence-corrected chi connectivity index (χ1v) is 6.18. The van der Waals surface area contributed by atoms with Crippen molar-refractivity contribution in [3.05, 3.63) is 47.2 Å². The fraction of sp³-hybridized carbons (Fsp3) is 0.0714. The van der Waals surface area contributed by atoms with E-state index in [1.807, 2.05) is 31.2 Å². The van der Waals surface area contributed by atoms with Crippen LogP contribution in [0.5, 0.6) is 0 Å². The van der Waals surface area contributed by atoms with Crippen LogP contribution in [-0.2, 0) is 0 Å². The largest absolute Gasteiger partial charge is 0.384 e. The minimum atomic E-state index is 0.446. The van der Waals surface area contributed by atoms with Crippen molar-refractivity contribution in [2.45, 2.75) is 6.92 Å². The summed E-state index contributed by atoms with van der Waals surface area (Å²) in [5.74, 6) is 1.01. The lowest BCUT2D eigenvalue weighted by molar-refractivity contribution is 1.12. The zero-order chi connectivity index (χ0) is 13.4. The van der Waals surface area contributed by atoms with Crippen LogP contribution >= 0.6 is 11.6 Å². The summed E-state index contributed by atoms with van der Waals surface area (Å²) in [7, 11) is 0. The van der Waals surface area contributed by atoms with Crippen LogP contribution in [0.4, 0.5) is 5.82 Å². The second-order valence-electron chi connectivity index (χ2n) is 4.25. The Morgan fingerprint density at radius 1 is 1.16 bits per heavy atom. The molecule has 4 nitrogen and oxygen atoms in total. The van der Waals surface area contributed by atoms with E-state index in [0.717, 1.165) is 22.2 Å². The molecule has 0 radical (unpaired) electrons. The summed E-state index contributed by atoms with van der Waals surface area (Å²) in [6, 6.07) is 9.19. The molecule has 0 atom stereocenters. The second-order valence-corrected chi connectivity index (χ2v) is 4.66.